The van der Waals surface area contributed by atoms with Crippen molar-refractivity contribution in [3.63, 3.8) is 0 Å². The van der Waals surface area contributed by atoms with Crippen molar-refractivity contribution in [2.24, 2.45) is 23.7 Å². The van der Waals surface area contributed by atoms with Gasteiger partial charge in [0, 0.05) is 19.0 Å². The maximum Gasteiger partial charge on any atom is 0.225 e. The topological polar surface area (TPSA) is 20.3 Å². The lowest BCUT2D eigenvalue weighted by Gasteiger charge is -2.38. The third-order valence-electron chi connectivity index (χ3n) is 4.41. The second-order valence-corrected chi connectivity index (χ2v) is 5.94. The van der Waals surface area contributed by atoms with Gasteiger partial charge in [-0.25, -0.2) is 0 Å². The van der Waals surface area contributed by atoms with E-state index in [4.69, 9.17) is 0 Å². The van der Waals surface area contributed by atoms with Crippen LogP contribution < -0.4 is 0 Å². The van der Waals surface area contributed by atoms with Crippen LogP contribution in [0.2, 0.25) is 0 Å². The average Bonchev–Trinajstić information content (AvgIpc) is 2.29. The van der Waals surface area contributed by atoms with Gasteiger partial charge >= 0.3 is 0 Å². The zero-order chi connectivity index (χ0) is 13.0. The minimum Gasteiger partial charge on any atom is -0.343 e. The number of carbonyl (C=O) groups excluding carboxylic acids is 1. The van der Waals surface area contributed by atoms with Gasteiger partial charge < -0.3 is 4.90 Å². The summed E-state index contributed by atoms with van der Waals surface area (Å²) in [6.45, 7) is 12.7. The van der Waals surface area contributed by atoms with Crippen molar-refractivity contribution in [3.8, 4) is 0 Å². The van der Waals surface area contributed by atoms with E-state index in [1.54, 1.807) is 0 Å². The lowest BCUT2D eigenvalue weighted by Crippen LogP contribution is -2.42. The molecule has 3 atom stereocenters. The number of nitrogens with zero attached hydrogens (tertiary/aromatic N) is 1. The largest absolute Gasteiger partial charge is 0.343 e. The molecule has 0 bridgehead atoms. The predicted octanol–water partition coefficient (Wildman–Crippen LogP) is 3.56. The first-order chi connectivity index (χ1) is 8.01. The van der Waals surface area contributed by atoms with Gasteiger partial charge in [-0.1, -0.05) is 27.2 Å². The molecule has 1 aliphatic rings. The Morgan fingerprint density at radius 1 is 1.24 bits per heavy atom. The fraction of sp³-hybridized carbons (Fsp3) is 0.933. The van der Waals surface area contributed by atoms with Crippen molar-refractivity contribution in [1.82, 2.24) is 4.90 Å². The molecule has 0 heterocycles. The molecule has 1 fully saturated rings. The second-order valence-electron chi connectivity index (χ2n) is 5.94. The number of carbonyl (C=O) groups is 1. The van der Waals surface area contributed by atoms with Gasteiger partial charge in [0.15, 0.2) is 0 Å². The van der Waals surface area contributed by atoms with Crippen molar-refractivity contribution >= 4 is 5.91 Å². The van der Waals surface area contributed by atoms with Gasteiger partial charge in [0.2, 0.25) is 5.91 Å². The third kappa shape index (κ3) is 3.46. The summed E-state index contributed by atoms with van der Waals surface area (Å²) < 4.78 is 0. The Hall–Kier alpha value is -0.530. The van der Waals surface area contributed by atoms with Gasteiger partial charge in [-0.3, -0.25) is 4.79 Å². The Kier molecular flexibility index (Phi) is 5.48. The monoisotopic (exact) mass is 239 g/mol. The fourth-order valence-electron chi connectivity index (χ4n) is 3.26. The predicted molar refractivity (Wildman–Crippen MR) is 72.8 cm³/mol. The molecule has 3 unspecified atom stereocenters. The third-order valence-corrected chi connectivity index (χ3v) is 4.41. The molecule has 0 radical (unpaired) electrons. The first kappa shape index (κ1) is 14.5. The van der Waals surface area contributed by atoms with E-state index in [2.05, 4.69) is 34.6 Å². The van der Waals surface area contributed by atoms with Gasteiger partial charge in [0.05, 0.1) is 0 Å². The van der Waals surface area contributed by atoms with Crippen LogP contribution in [0.3, 0.4) is 0 Å². The minimum absolute atomic E-state index is 0.277. The first-order valence-corrected chi connectivity index (χ1v) is 7.29. The summed E-state index contributed by atoms with van der Waals surface area (Å²) >= 11 is 0. The van der Waals surface area contributed by atoms with Crippen LogP contribution in [-0.4, -0.2) is 23.9 Å². The molecule has 0 spiro atoms. The van der Waals surface area contributed by atoms with Crippen LogP contribution in [0.1, 0.15) is 53.9 Å². The molecule has 2 nitrogen and oxygen atoms in total. The zero-order valence-electron chi connectivity index (χ0n) is 12.2. The summed E-state index contributed by atoms with van der Waals surface area (Å²) in [5.41, 5.74) is 0. The number of hydrogen-bond acceptors (Lipinski definition) is 1. The van der Waals surface area contributed by atoms with Crippen molar-refractivity contribution < 1.29 is 4.79 Å². The molecule has 1 saturated carbocycles. The Morgan fingerprint density at radius 2 is 1.82 bits per heavy atom. The number of amides is 1. The Bertz CT molecular complexity index is 245. The van der Waals surface area contributed by atoms with E-state index >= 15 is 0 Å². The molecule has 1 amide bonds. The Balaban J connectivity index is 2.78. The van der Waals surface area contributed by atoms with Crippen LogP contribution in [0.4, 0.5) is 0 Å². The van der Waals surface area contributed by atoms with E-state index in [0.29, 0.717) is 17.7 Å². The second kappa shape index (κ2) is 6.42. The molecule has 0 saturated heterocycles. The summed E-state index contributed by atoms with van der Waals surface area (Å²) in [7, 11) is 0. The molecule has 0 aromatic heterocycles. The van der Waals surface area contributed by atoms with Gasteiger partial charge in [-0.2, -0.15) is 0 Å². The van der Waals surface area contributed by atoms with Gasteiger partial charge in [-0.05, 0) is 44.4 Å². The number of hydrogen-bond donors (Lipinski definition) is 0. The molecule has 1 aliphatic carbocycles. The van der Waals surface area contributed by atoms with Crippen LogP contribution in [0, 0.1) is 23.7 Å². The first-order valence-electron chi connectivity index (χ1n) is 7.29. The molecule has 100 valence electrons. The molecule has 0 aliphatic heterocycles. The van der Waals surface area contributed by atoms with Gasteiger partial charge in [0.1, 0.15) is 0 Å². The van der Waals surface area contributed by atoms with E-state index in [0.717, 1.165) is 25.4 Å². The highest BCUT2D eigenvalue weighted by Crippen LogP contribution is 2.38. The normalized spacial score (nSPS) is 29.4. The molecule has 0 aromatic carbocycles. The Morgan fingerprint density at radius 3 is 2.29 bits per heavy atom. The standard InChI is InChI=1S/C15H29NO/c1-6-16(7-2)15(17)14-10-12(5)8-9-13(14)11(3)4/h11-14H,6-10H2,1-5H3. The van der Waals surface area contributed by atoms with Crippen LogP contribution in [0.5, 0.6) is 0 Å². The molecule has 17 heavy (non-hydrogen) atoms. The average molecular weight is 239 g/mol. The highest BCUT2D eigenvalue weighted by atomic mass is 16.2. The summed E-state index contributed by atoms with van der Waals surface area (Å²) in [6.07, 6.45) is 3.62. The van der Waals surface area contributed by atoms with Crippen molar-refractivity contribution in [3.05, 3.63) is 0 Å². The van der Waals surface area contributed by atoms with Gasteiger partial charge in [-0.15, -0.1) is 0 Å². The molecular weight excluding hydrogens is 210 g/mol. The summed E-state index contributed by atoms with van der Waals surface area (Å²) in [6, 6.07) is 0. The minimum atomic E-state index is 0.277. The van der Waals surface area contributed by atoms with Crippen molar-refractivity contribution in [2.75, 3.05) is 13.1 Å². The highest BCUT2D eigenvalue weighted by Gasteiger charge is 2.36. The van der Waals surface area contributed by atoms with Crippen LogP contribution in [0.15, 0.2) is 0 Å². The Labute approximate surface area is 107 Å². The van der Waals surface area contributed by atoms with Crippen molar-refractivity contribution in [2.45, 2.75) is 53.9 Å². The van der Waals surface area contributed by atoms with E-state index < -0.39 is 0 Å². The van der Waals surface area contributed by atoms with E-state index in [1.807, 2.05) is 4.90 Å². The van der Waals surface area contributed by atoms with Crippen LogP contribution in [-0.2, 0) is 4.79 Å². The summed E-state index contributed by atoms with van der Waals surface area (Å²) in [5.74, 6) is 2.62. The lowest BCUT2D eigenvalue weighted by atomic mass is 9.69. The molecule has 0 aromatic rings. The number of rotatable bonds is 4. The van der Waals surface area contributed by atoms with E-state index in [9.17, 15) is 4.79 Å². The van der Waals surface area contributed by atoms with Crippen LogP contribution >= 0.6 is 0 Å². The maximum atomic E-state index is 12.5. The van der Waals surface area contributed by atoms with Gasteiger partial charge in [0.25, 0.3) is 0 Å². The maximum absolute atomic E-state index is 12.5. The highest BCUT2D eigenvalue weighted by molar-refractivity contribution is 5.79. The van der Waals surface area contributed by atoms with E-state index in [-0.39, 0.29) is 5.92 Å². The summed E-state index contributed by atoms with van der Waals surface area (Å²) in [4.78, 5) is 14.6. The quantitative estimate of drug-likeness (QED) is 0.734. The smallest absolute Gasteiger partial charge is 0.225 e. The lowest BCUT2D eigenvalue weighted by molar-refractivity contribution is -0.139. The summed E-state index contributed by atoms with van der Waals surface area (Å²) in [5, 5.41) is 0. The van der Waals surface area contributed by atoms with Crippen LogP contribution in [0.25, 0.3) is 0 Å². The molecule has 1 rings (SSSR count). The zero-order valence-corrected chi connectivity index (χ0v) is 12.2. The van der Waals surface area contributed by atoms with E-state index in [1.165, 1.54) is 12.8 Å². The van der Waals surface area contributed by atoms with Crippen molar-refractivity contribution in [1.29, 1.82) is 0 Å². The SMILES string of the molecule is CCN(CC)C(=O)C1CC(C)CCC1C(C)C. The fourth-order valence-corrected chi connectivity index (χ4v) is 3.26. The molecule has 2 heteroatoms. The molecule has 0 N–H and O–H groups in total. The molecular formula is C15H29NO.